The molecule has 2 nitrogen and oxygen atoms in total. The Hall–Kier alpha value is -1.48. The molecule has 1 atom stereocenters. The second-order valence-corrected chi connectivity index (χ2v) is 5.51. The zero-order chi connectivity index (χ0) is 11.7. The van der Waals surface area contributed by atoms with Gasteiger partial charge in [0.2, 0.25) is 0 Å². The molecule has 0 bridgehead atoms. The van der Waals surface area contributed by atoms with Crippen molar-refractivity contribution in [2.75, 3.05) is 11.1 Å². The van der Waals surface area contributed by atoms with Crippen LogP contribution >= 0.6 is 11.3 Å². The van der Waals surface area contributed by atoms with Gasteiger partial charge in [-0.05, 0) is 54.5 Å². The summed E-state index contributed by atoms with van der Waals surface area (Å²) in [5, 5.41) is 5.79. The van der Waals surface area contributed by atoms with Crippen molar-refractivity contribution in [1.82, 2.24) is 0 Å². The third-order valence-corrected chi connectivity index (χ3v) is 4.28. The summed E-state index contributed by atoms with van der Waals surface area (Å²) in [6, 6.07) is 10.7. The van der Waals surface area contributed by atoms with Crippen LogP contribution in [0.25, 0.3) is 0 Å². The van der Waals surface area contributed by atoms with E-state index >= 15 is 0 Å². The molecule has 88 valence electrons. The average molecular weight is 244 g/mol. The first-order chi connectivity index (χ1) is 8.33. The SMILES string of the molecule is Nc1cccc(NC2CCCc3sccc32)c1. The highest BCUT2D eigenvalue weighted by Gasteiger charge is 2.20. The number of thiophene rings is 1. The Kier molecular flexibility index (Phi) is 2.77. The second kappa shape index (κ2) is 4.41. The fourth-order valence-corrected chi connectivity index (χ4v) is 3.45. The molecule has 0 saturated carbocycles. The van der Waals surface area contributed by atoms with Gasteiger partial charge in [-0.25, -0.2) is 0 Å². The molecule has 0 saturated heterocycles. The Balaban J connectivity index is 1.84. The summed E-state index contributed by atoms with van der Waals surface area (Å²) in [5.41, 5.74) is 9.21. The van der Waals surface area contributed by atoms with Crippen LogP contribution in [-0.4, -0.2) is 0 Å². The van der Waals surface area contributed by atoms with Gasteiger partial charge in [0.15, 0.2) is 0 Å². The van der Waals surface area contributed by atoms with Crippen LogP contribution in [0, 0.1) is 0 Å². The maximum atomic E-state index is 5.80. The zero-order valence-corrected chi connectivity index (χ0v) is 10.5. The molecule has 1 aliphatic rings. The summed E-state index contributed by atoms with van der Waals surface area (Å²) in [6.07, 6.45) is 3.72. The van der Waals surface area contributed by atoms with E-state index in [-0.39, 0.29) is 0 Å². The van der Waals surface area contributed by atoms with Gasteiger partial charge >= 0.3 is 0 Å². The minimum Gasteiger partial charge on any atom is -0.399 e. The van der Waals surface area contributed by atoms with Gasteiger partial charge < -0.3 is 11.1 Å². The number of nitrogen functional groups attached to an aromatic ring is 1. The summed E-state index contributed by atoms with van der Waals surface area (Å²) in [5.74, 6) is 0. The number of aryl methyl sites for hydroxylation is 1. The molecule has 1 unspecified atom stereocenters. The molecule has 3 heteroatoms. The lowest BCUT2D eigenvalue weighted by Gasteiger charge is -2.24. The summed E-state index contributed by atoms with van der Waals surface area (Å²) in [7, 11) is 0. The number of hydrogen-bond acceptors (Lipinski definition) is 3. The van der Waals surface area contributed by atoms with Gasteiger partial charge in [0.1, 0.15) is 0 Å². The van der Waals surface area contributed by atoms with E-state index < -0.39 is 0 Å². The molecule has 2 aromatic rings. The van der Waals surface area contributed by atoms with E-state index in [2.05, 4.69) is 22.8 Å². The molecule has 0 fully saturated rings. The van der Waals surface area contributed by atoms with Crippen molar-refractivity contribution < 1.29 is 0 Å². The second-order valence-electron chi connectivity index (χ2n) is 4.51. The van der Waals surface area contributed by atoms with Crippen LogP contribution < -0.4 is 11.1 Å². The zero-order valence-electron chi connectivity index (χ0n) is 9.65. The lowest BCUT2D eigenvalue weighted by Crippen LogP contribution is -2.15. The van der Waals surface area contributed by atoms with Crippen molar-refractivity contribution in [2.24, 2.45) is 0 Å². The van der Waals surface area contributed by atoms with Crippen LogP contribution in [0.5, 0.6) is 0 Å². The van der Waals surface area contributed by atoms with Gasteiger partial charge in [0.25, 0.3) is 0 Å². The highest BCUT2D eigenvalue weighted by Crippen LogP contribution is 2.35. The van der Waals surface area contributed by atoms with E-state index in [0.717, 1.165) is 11.4 Å². The first-order valence-electron chi connectivity index (χ1n) is 6.01. The van der Waals surface area contributed by atoms with Crippen molar-refractivity contribution in [3.8, 4) is 0 Å². The number of anilines is 2. The average Bonchev–Trinajstić information content (AvgIpc) is 2.78. The Morgan fingerprint density at radius 3 is 3.12 bits per heavy atom. The van der Waals surface area contributed by atoms with E-state index in [9.17, 15) is 0 Å². The van der Waals surface area contributed by atoms with E-state index in [1.807, 2.05) is 29.5 Å². The summed E-state index contributed by atoms with van der Waals surface area (Å²) in [4.78, 5) is 1.54. The smallest absolute Gasteiger partial charge is 0.0524 e. The molecule has 3 N–H and O–H groups in total. The monoisotopic (exact) mass is 244 g/mol. The fraction of sp³-hybridized carbons (Fsp3) is 0.286. The van der Waals surface area contributed by atoms with Gasteiger partial charge in [0, 0.05) is 16.3 Å². The molecule has 0 radical (unpaired) electrons. The van der Waals surface area contributed by atoms with Crippen LogP contribution in [-0.2, 0) is 6.42 Å². The quantitative estimate of drug-likeness (QED) is 0.788. The van der Waals surface area contributed by atoms with Gasteiger partial charge in [-0.2, -0.15) is 0 Å². The van der Waals surface area contributed by atoms with Gasteiger partial charge in [-0.3, -0.25) is 0 Å². The van der Waals surface area contributed by atoms with Crippen LogP contribution in [0.1, 0.15) is 29.3 Å². The molecule has 1 aliphatic carbocycles. The molecule has 0 amide bonds. The van der Waals surface area contributed by atoms with Crippen molar-refractivity contribution >= 4 is 22.7 Å². The maximum absolute atomic E-state index is 5.80. The number of nitrogens with one attached hydrogen (secondary N) is 1. The highest BCUT2D eigenvalue weighted by molar-refractivity contribution is 7.10. The van der Waals surface area contributed by atoms with Crippen molar-refractivity contribution in [3.63, 3.8) is 0 Å². The number of nitrogens with two attached hydrogens (primary N) is 1. The van der Waals surface area contributed by atoms with Gasteiger partial charge in [0.05, 0.1) is 6.04 Å². The van der Waals surface area contributed by atoms with Crippen molar-refractivity contribution in [2.45, 2.75) is 25.3 Å². The Labute approximate surface area is 105 Å². The summed E-state index contributed by atoms with van der Waals surface area (Å²) >= 11 is 1.88. The lowest BCUT2D eigenvalue weighted by atomic mass is 9.94. The maximum Gasteiger partial charge on any atom is 0.0524 e. The third-order valence-electron chi connectivity index (χ3n) is 3.28. The topological polar surface area (TPSA) is 38.0 Å². The standard InChI is InChI=1S/C14H16N2S/c15-10-3-1-4-11(9-10)16-13-5-2-6-14-12(13)7-8-17-14/h1,3-4,7-9,13,16H,2,5-6,15H2. The van der Waals surface area contributed by atoms with E-state index in [1.165, 1.54) is 29.7 Å². The number of hydrogen-bond donors (Lipinski definition) is 2. The summed E-state index contributed by atoms with van der Waals surface area (Å²) in [6.45, 7) is 0. The Morgan fingerprint density at radius 2 is 2.24 bits per heavy atom. The molecule has 0 spiro atoms. The van der Waals surface area contributed by atoms with Crippen LogP contribution in [0.3, 0.4) is 0 Å². The Bertz CT molecular complexity index is 518. The first kappa shape index (κ1) is 10.7. The Morgan fingerprint density at radius 1 is 1.29 bits per heavy atom. The lowest BCUT2D eigenvalue weighted by molar-refractivity contribution is 0.609. The first-order valence-corrected chi connectivity index (χ1v) is 6.89. The van der Waals surface area contributed by atoms with Crippen LogP contribution in [0.2, 0.25) is 0 Å². The highest BCUT2D eigenvalue weighted by atomic mass is 32.1. The number of rotatable bonds is 2. The van der Waals surface area contributed by atoms with Crippen LogP contribution in [0.4, 0.5) is 11.4 Å². The molecule has 17 heavy (non-hydrogen) atoms. The molecule has 0 aliphatic heterocycles. The molecule has 3 rings (SSSR count). The summed E-state index contributed by atoms with van der Waals surface area (Å²) < 4.78 is 0. The molecule has 1 aromatic heterocycles. The number of fused-ring (bicyclic) bond motifs is 1. The van der Waals surface area contributed by atoms with Gasteiger partial charge in [-0.1, -0.05) is 6.07 Å². The molecular weight excluding hydrogens is 228 g/mol. The minimum atomic E-state index is 0.451. The van der Waals surface area contributed by atoms with E-state index in [1.54, 1.807) is 0 Å². The minimum absolute atomic E-state index is 0.451. The predicted octanol–water partition coefficient (Wildman–Crippen LogP) is 3.82. The fourth-order valence-electron chi connectivity index (χ4n) is 2.47. The molecule has 1 heterocycles. The normalized spacial score (nSPS) is 18.7. The third kappa shape index (κ3) is 2.15. The molecule has 1 aromatic carbocycles. The molecular formula is C14H16N2S. The van der Waals surface area contributed by atoms with Gasteiger partial charge in [-0.15, -0.1) is 11.3 Å². The van der Waals surface area contributed by atoms with Crippen molar-refractivity contribution in [1.29, 1.82) is 0 Å². The van der Waals surface area contributed by atoms with Crippen LogP contribution in [0.15, 0.2) is 35.7 Å². The largest absolute Gasteiger partial charge is 0.399 e. The van der Waals surface area contributed by atoms with Crippen molar-refractivity contribution in [3.05, 3.63) is 46.2 Å². The van der Waals surface area contributed by atoms with E-state index in [4.69, 9.17) is 5.73 Å². The number of benzene rings is 1. The predicted molar refractivity (Wildman–Crippen MR) is 74.5 cm³/mol. The van der Waals surface area contributed by atoms with E-state index in [0.29, 0.717) is 6.04 Å².